The maximum atomic E-state index is 12.9. The first-order valence-corrected chi connectivity index (χ1v) is 6.43. The van der Waals surface area contributed by atoms with Gasteiger partial charge in [0.25, 0.3) is 0 Å². The van der Waals surface area contributed by atoms with Crippen molar-refractivity contribution in [2.45, 2.75) is 19.9 Å². The third-order valence-corrected chi connectivity index (χ3v) is 4.05. The van der Waals surface area contributed by atoms with Crippen molar-refractivity contribution in [3.8, 4) is 0 Å². The van der Waals surface area contributed by atoms with E-state index in [0.717, 1.165) is 5.56 Å². The maximum absolute atomic E-state index is 12.9. The van der Waals surface area contributed by atoms with Crippen molar-refractivity contribution in [2.24, 2.45) is 0 Å². The van der Waals surface area contributed by atoms with Crippen LogP contribution in [0.1, 0.15) is 26.9 Å². The van der Waals surface area contributed by atoms with Crippen molar-refractivity contribution in [2.75, 3.05) is 7.05 Å². The van der Waals surface area contributed by atoms with Gasteiger partial charge in [-0.05, 0) is 50.2 Å². The van der Waals surface area contributed by atoms with Crippen LogP contribution in [0.25, 0.3) is 0 Å². The number of halogens is 1. The van der Waals surface area contributed by atoms with Gasteiger partial charge in [0.15, 0.2) is 0 Å². The van der Waals surface area contributed by atoms with E-state index in [1.165, 1.54) is 27.5 Å². The molecule has 0 amide bonds. The molecule has 17 heavy (non-hydrogen) atoms. The summed E-state index contributed by atoms with van der Waals surface area (Å²) in [5.41, 5.74) is 2.38. The topological polar surface area (TPSA) is 12.0 Å². The SMILES string of the molecule is CNC(c1ccc(F)cc1)c1sc(C)cc1C. The molecule has 0 aliphatic heterocycles. The Hall–Kier alpha value is -1.19. The van der Waals surface area contributed by atoms with Crippen molar-refractivity contribution in [1.29, 1.82) is 0 Å². The quantitative estimate of drug-likeness (QED) is 0.872. The fourth-order valence-electron chi connectivity index (χ4n) is 2.05. The van der Waals surface area contributed by atoms with Crippen LogP contribution >= 0.6 is 11.3 Å². The predicted octanol–water partition coefficient (Wildman–Crippen LogP) is 3.81. The van der Waals surface area contributed by atoms with Crippen LogP contribution < -0.4 is 5.32 Å². The van der Waals surface area contributed by atoms with Crippen LogP contribution in [0.15, 0.2) is 30.3 Å². The molecule has 3 heteroatoms. The van der Waals surface area contributed by atoms with Gasteiger partial charge in [-0.15, -0.1) is 11.3 Å². The molecule has 1 atom stereocenters. The van der Waals surface area contributed by atoms with Crippen LogP contribution in [0.5, 0.6) is 0 Å². The van der Waals surface area contributed by atoms with Crippen molar-refractivity contribution in [1.82, 2.24) is 5.32 Å². The van der Waals surface area contributed by atoms with E-state index in [0.29, 0.717) is 0 Å². The molecule has 0 fully saturated rings. The Morgan fingerprint density at radius 1 is 1.18 bits per heavy atom. The van der Waals surface area contributed by atoms with E-state index in [1.807, 2.05) is 19.2 Å². The van der Waals surface area contributed by atoms with E-state index in [-0.39, 0.29) is 11.9 Å². The zero-order valence-corrected chi connectivity index (χ0v) is 11.1. The van der Waals surface area contributed by atoms with Crippen LogP contribution in [0.3, 0.4) is 0 Å². The Morgan fingerprint density at radius 3 is 2.29 bits per heavy atom. The fourth-order valence-corrected chi connectivity index (χ4v) is 3.22. The lowest BCUT2D eigenvalue weighted by atomic mass is 10.0. The lowest BCUT2D eigenvalue weighted by molar-refractivity contribution is 0.624. The first-order chi connectivity index (χ1) is 8.11. The average Bonchev–Trinajstić information content (AvgIpc) is 2.62. The summed E-state index contributed by atoms with van der Waals surface area (Å²) >= 11 is 1.79. The van der Waals surface area contributed by atoms with E-state index in [9.17, 15) is 4.39 Å². The van der Waals surface area contributed by atoms with Gasteiger partial charge in [0, 0.05) is 9.75 Å². The van der Waals surface area contributed by atoms with Gasteiger partial charge in [-0.1, -0.05) is 12.1 Å². The zero-order valence-electron chi connectivity index (χ0n) is 10.3. The van der Waals surface area contributed by atoms with Gasteiger partial charge in [-0.3, -0.25) is 0 Å². The van der Waals surface area contributed by atoms with Crippen LogP contribution in [-0.4, -0.2) is 7.05 Å². The monoisotopic (exact) mass is 249 g/mol. The Bertz CT molecular complexity index is 501. The number of nitrogens with one attached hydrogen (secondary N) is 1. The molecule has 1 unspecified atom stereocenters. The Balaban J connectivity index is 2.39. The smallest absolute Gasteiger partial charge is 0.123 e. The van der Waals surface area contributed by atoms with E-state index in [1.54, 1.807) is 11.3 Å². The van der Waals surface area contributed by atoms with Gasteiger partial charge in [-0.25, -0.2) is 4.39 Å². The second-order valence-electron chi connectivity index (χ2n) is 4.18. The van der Waals surface area contributed by atoms with Crippen molar-refractivity contribution in [3.05, 3.63) is 57.0 Å². The summed E-state index contributed by atoms with van der Waals surface area (Å²) in [6.45, 7) is 4.23. The molecule has 2 aromatic rings. The molecule has 2 rings (SSSR count). The largest absolute Gasteiger partial charge is 0.309 e. The number of thiophene rings is 1. The minimum atomic E-state index is -0.192. The standard InChI is InChI=1S/C14H16FNS/c1-9-8-10(2)17-14(9)13(16-3)11-4-6-12(15)7-5-11/h4-8,13,16H,1-3H3. The highest BCUT2D eigenvalue weighted by molar-refractivity contribution is 7.12. The van der Waals surface area contributed by atoms with Gasteiger partial charge in [0.2, 0.25) is 0 Å². The highest BCUT2D eigenvalue weighted by Crippen LogP contribution is 2.31. The van der Waals surface area contributed by atoms with Crippen molar-refractivity contribution >= 4 is 11.3 Å². The molecule has 0 radical (unpaired) electrons. The summed E-state index contributed by atoms with van der Waals surface area (Å²) in [4.78, 5) is 2.61. The van der Waals surface area contributed by atoms with E-state index in [2.05, 4.69) is 25.2 Å². The summed E-state index contributed by atoms with van der Waals surface area (Å²) in [6, 6.07) is 9.03. The zero-order chi connectivity index (χ0) is 12.4. The number of benzene rings is 1. The van der Waals surface area contributed by atoms with E-state index in [4.69, 9.17) is 0 Å². The number of aryl methyl sites for hydroxylation is 2. The Labute approximate surface area is 105 Å². The molecule has 1 heterocycles. The lowest BCUT2D eigenvalue weighted by Crippen LogP contribution is -2.17. The van der Waals surface area contributed by atoms with Crippen LogP contribution in [0, 0.1) is 19.7 Å². The van der Waals surface area contributed by atoms with Crippen LogP contribution in [-0.2, 0) is 0 Å². The highest BCUT2D eigenvalue weighted by atomic mass is 32.1. The highest BCUT2D eigenvalue weighted by Gasteiger charge is 2.16. The summed E-state index contributed by atoms with van der Waals surface area (Å²) in [7, 11) is 1.93. The molecular weight excluding hydrogens is 233 g/mol. The number of hydrogen-bond acceptors (Lipinski definition) is 2. The van der Waals surface area contributed by atoms with Crippen LogP contribution in [0.2, 0.25) is 0 Å². The first kappa shape index (κ1) is 12.3. The third kappa shape index (κ3) is 2.56. The van der Waals surface area contributed by atoms with E-state index < -0.39 is 0 Å². The lowest BCUT2D eigenvalue weighted by Gasteiger charge is -2.16. The second-order valence-corrected chi connectivity index (χ2v) is 5.47. The van der Waals surface area contributed by atoms with Gasteiger partial charge in [-0.2, -0.15) is 0 Å². The molecule has 0 aliphatic rings. The molecule has 1 aromatic carbocycles. The summed E-state index contributed by atoms with van der Waals surface area (Å²) in [6.07, 6.45) is 0. The van der Waals surface area contributed by atoms with Crippen LogP contribution in [0.4, 0.5) is 4.39 Å². The fraction of sp³-hybridized carbons (Fsp3) is 0.286. The summed E-state index contributed by atoms with van der Waals surface area (Å²) in [5.74, 6) is -0.192. The molecule has 1 N–H and O–H groups in total. The van der Waals surface area contributed by atoms with Gasteiger partial charge in [0.05, 0.1) is 6.04 Å². The van der Waals surface area contributed by atoms with Gasteiger partial charge < -0.3 is 5.32 Å². The Morgan fingerprint density at radius 2 is 1.82 bits per heavy atom. The Kier molecular flexibility index (Phi) is 3.60. The maximum Gasteiger partial charge on any atom is 0.123 e. The third-order valence-electron chi connectivity index (χ3n) is 2.83. The van der Waals surface area contributed by atoms with Crippen molar-refractivity contribution < 1.29 is 4.39 Å². The number of hydrogen-bond donors (Lipinski definition) is 1. The summed E-state index contributed by atoms with van der Waals surface area (Å²) < 4.78 is 12.9. The molecule has 0 spiro atoms. The molecule has 1 nitrogen and oxygen atoms in total. The molecule has 0 saturated carbocycles. The minimum Gasteiger partial charge on any atom is -0.309 e. The molecule has 0 saturated heterocycles. The molecule has 90 valence electrons. The van der Waals surface area contributed by atoms with Gasteiger partial charge >= 0.3 is 0 Å². The van der Waals surface area contributed by atoms with E-state index >= 15 is 0 Å². The first-order valence-electron chi connectivity index (χ1n) is 5.61. The second kappa shape index (κ2) is 4.98. The molecule has 0 aliphatic carbocycles. The molecule has 0 bridgehead atoms. The molecular formula is C14H16FNS. The van der Waals surface area contributed by atoms with Gasteiger partial charge in [0.1, 0.15) is 5.82 Å². The summed E-state index contributed by atoms with van der Waals surface area (Å²) in [5, 5.41) is 3.30. The normalized spacial score (nSPS) is 12.7. The predicted molar refractivity (Wildman–Crippen MR) is 71.1 cm³/mol. The average molecular weight is 249 g/mol. The number of rotatable bonds is 3. The minimum absolute atomic E-state index is 0.147. The van der Waals surface area contributed by atoms with Crippen molar-refractivity contribution in [3.63, 3.8) is 0 Å². The molecule has 1 aromatic heterocycles.